The number of aromatic carboxylic acids is 1. The first-order chi connectivity index (χ1) is 8.99. The van der Waals surface area contributed by atoms with Crippen LogP contribution in [0.1, 0.15) is 35.8 Å². The number of thiazole rings is 1. The summed E-state index contributed by atoms with van der Waals surface area (Å²) in [7, 11) is 0. The Bertz CT molecular complexity index is 432. The molecule has 1 heterocycles. The second kappa shape index (κ2) is 7.85. The van der Waals surface area contributed by atoms with Gasteiger partial charge in [-0.05, 0) is 5.92 Å². The van der Waals surface area contributed by atoms with Gasteiger partial charge in [-0.3, -0.25) is 4.79 Å². The summed E-state index contributed by atoms with van der Waals surface area (Å²) in [5.74, 6) is -0.545. The maximum atomic E-state index is 11.4. The number of hydrogen-bond acceptors (Lipinski definition) is 5. The molecule has 0 aliphatic heterocycles. The second-order valence-electron chi connectivity index (χ2n) is 4.57. The molecular formula is C12H19N3O3S. The van der Waals surface area contributed by atoms with Crippen molar-refractivity contribution in [3.05, 3.63) is 16.1 Å². The molecule has 0 saturated carbocycles. The van der Waals surface area contributed by atoms with E-state index in [0.29, 0.717) is 37.7 Å². The van der Waals surface area contributed by atoms with Crippen molar-refractivity contribution in [2.24, 2.45) is 5.92 Å². The van der Waals surface area contributed by atoms with Crippen LogP contribution in [0, 0.1) is 5.92 Å². The van der Waals surface area contributed by atoms with Crippen LogP contribution in [0.3, 0.4) is 0 Å². The van der Waals surface area contributed by atoms with Crippen LogP contribution >= 0.6 is 11.3 Å². The van der Waals surface area contributed by atoms with Crippen LogP contribution in [0.15, 0.2) is 5.38 Å². The summed E-state index contributed by atoms with van der Waals surface area (Å²) in [5.41, 5.74) is 0.685. The zero-order valence-electron chi connectivity index (χ0n) is 11.1. The minimum Gasteiger partial charge on any atom is -0.476 e. The van der Waals surface area contributed by atoms with E-state index in [1.54, 1.807) is 5.38 Å². The fourth-order valence-corrected chi connectivity index (χ4v) is 1.97. The number of carbonyl (C=O) groups excluding carboxylic acids is 1. The van der Waals surface area contributed by atoms with Gasteiger partial charge in [0.2, 0.25) is 10.9 Å². The smallest absolute Gasteiger partial charge is 0.365 e. The van der Waals surface area contributed by atoms with Crippen LogP contribution in [-0.2, 0) is 11.3 Å². The molecule has 0 aromatic carbocycles. The molecule has 0 bridgehead atoms. The number of carbonyl (C=O) groups is 2. The monoisotopic (exact) mass is 285 g/mol. The van der Waals surface area contributed by atoms with E-state index in [2.05, 4.69) is 15.6 Å². The number of carboxylic acids is 1. The number of nitrogens with one attached hydrogen (secondary N) is 2. The number of carboxylic acid groups (broad SMARTS) is 1. The van der Waals surface area contributed by atoms with E-state index in [0.717, 1.165) is 11.3 Å². The highest BCUT2D eigenvalue weighted by molar-refractivity contribution is 7.11. The SMILES string of the molecule is CC(C)CNC(=O)CCNCc1csc(C(=O)O)n1. The third kappa shape index (κ3) is 6.30. The van der Waals surface area contributed by atoms with Crippen molar-refractivity contribution in [3.63, 3.8) is 0 Å². The van der Waals surface area contributed by atoms with Crippen molar-refractivity contribution in [1.82, 2.24) is 15.6 Å². The normalized spacial score (nSPS) is 10.7. The van der Waals surface area contributed by atoms with Gasteiger partial charge in [0.15, 0.2) is 0 Å². The first kappa shape index (κ1) is 15.6. The lowest BCUT2D eigenvalue weighted by Crippen LogP contribution is -2.30. The van der Waals surface area contributed by atoms with Crippen LogP contribution in [-0.4, -0.2) is 35.1 Å². The van der Waals surface area contributed by atoms with Crippen molar-refractivity contribution < 1.29 is 14.7 Å². The maximum Gasteiger partial charge on any atom is 0.365 e. The van der Waals surface area contributed by atoms with E-state index in [4.69, 9.17) is 5.11 Å². The Morgan fingerprint density at radius 3 is 2.79 bits per heavy atom. The number of rotatable bonds is 8. The Hall–Kier alpha value is -1.47. The van der Waals surface area contributed by atoms with Gasteiger partial charge in [0.1, 0.15) is 0 Å². The van der Waals surface area contributed by atoms with Gasteiger partial charge >= 0.3 is 5.97 Å². The second-order valence-corrected chi connectivity index (χ2v) is 5.43. The molecule has 0 spiro atoms. The summed E-state index contributed by atoms with van der Waals surface area (Å²) >= 11 is 1.10. The molecule has 6 nitrogen and oxygen atoms in total. The first-order valence-electron chi connectivity index (χ1n) is 6.14. The van der Waals surface area contributed by atoms with Gasteiger partial charge in [-0.15, -0.1) is 11.3 Å². The van der Waals surface area contributed by atoms with E-state index < -0.39 is 5.97 Å². The van der Waals surface area contributed by atoms with E-state index >= 15 is 0 Å². The van der Waals surface area contributed by atoms with Crippen LogP contribution in [0.5, 0.6) is 0 Å². The molecule has 1 amide bonds. The summed E-state index contributed by atoms with van der Waals surface area (Å²) in [6, 6.07) is 0. The largest absolute Gasteiger partial charge is 0.476 e. The molecular weight excluding hydrogens is 266 g/mol. The van der Waals surface area contributed by atoms with E-state index in [9.17, 15) is 9.59 Å². The third-order valence-corrected chi connectivity index (χ3v) is 3.16. The predicted octanol–water partition coefficient (Wildman–Crippen LogP) is 1.09. The lowest BCUT2D eigenvalue weighted by atomic mass is 10.2. The highest BCUT2D eigenvalue weighted by Crippen LogP contribution is 2.09. The van der Waals surface area contributed by atoms with E-state index in [-0.39, 0.29) is 10.9 Å². The summed E-state index contributed by atoms with van der Waals surface area (Å²) in [6.45, 7) is 5.79. The molecule has 3 N–H and O–H groups in total. The highest BCUT2D eigenvalue weighted by Gasteiger charge is 2.08. The Morgan fingerprint density at radius 1 is 1.47 bits per heavy atom. The third-order valence-electron chi connectivity index (χ3n) is 2.28. The fourth-order valence-electron chi connectivity index (χ4n) is 1.31. The lowest BCUT2D eigenvalue weighted by molar-refractivity contribution is -0.121. The van der Waals surface area contributed by atoms with Crippen LogP contribution in [0.25, 0.3) is 0 Å². The van der Waals surface area contributed by atoms with Crippen LogP contribution in [0.4, 0.5) is 0 Å². The lowest BCUT2D eigenvalue weighted by Gasteiger charge is -2.07. The molecule has 106 valence electrons. The van der Waals surface area contributed by atoms with Crippen molar-refractivity contribution in [2.45, 2.75) is 26.8 Å². The molecule has 0 saturated heterocycles. The van der Waals surface area contributed by atoms with Crippen LogP contribution < -0.4 is 10.6 Å². The minimum atomic E-state index is -1.01. The Kier molecular flexibility index (Phi) is 6.44. The molecule has 0 atom stereocenters. The van der Waals surface area contributed by atoms with Gasteiger partial charge in [-0.25, -0.2) is 9.78 Å². The molecule has 0 unspecified atom stereocenters. The van der Waals surface area contributed by atoms with Crippen LogP contribution in [0.2, 0.25) is 0 Å². The number of amides is 1. The Morgan fingerprint density at radius 2 is 2.21 bits per heavy atom. The molecule has 1 rings (SSSR count). The van der Waals surface area contributed by atoms with Gasteiger partial charge in [0.25, 0.3) is 0 Å². The Balaban J connectivity index is 2.16. The van der Waals surface area contributed by atoms with E-state index in [1.165, 1.54) is 0 Å². The summed E-state index contributed by atoms with van der Waals surface area (Å²) in [5, 5.41) is 16.4. The van der Waals surface area contributed by atoms with E-state index in [1.807, 2.05) is 13.8 Å². The summed E-state index contributed by atoms with van der Waals surface area (Å²) < 4.78 is 0. The zero-order valence-corrected chi connectivity index (χ0v) is 11.9. The summed E-state index contributed by atoms with van der Waals surface area (Å²) in [6.07, 6.45) is 0.405. The Labute approximate surface area is 116 Å². The molecule has 0 fully saturated rings. The topological polar surface area (TPSA) is 91.3 Å². The summed E-state index contributed by atoms with van der Waals surface area (Å²) in [4.78, 5) is 26.0. The van der Waals surface area contributed by atoms with Gasteiger partial charge in [0, 0.05) is 31.4 Å². The maximum absolute atomic E-state index is 11.4. The minimum absolute atomic E-state index is 0.0192. The van der Waals surface area contributed by atoms with Gasteiger partial charge in [-0.1, -0.05) is 13.8 Å². The molecule has 19 heavy (non-hydrogen) atoms. The number of hydrogen-bond donors (Lipinski definition) is 3. The molecule has 1 aromatic heterocycles. The average molecular weight is 285 g/mol. The van der Waals surface area contributed by atoms with Crippen molar-refractivity contribution >= 4 is 23.2 Å². The standard InChI is InChI=1S/C12H19N3O3S/c1-8(2)5-14-10(16)3-4-13-6-9-7-19-11(15-9)12(17)18/h7-8,13H,3-6H2,1-2H3,(H,14,16)(H,17,18). The van der Waals surface area contributed by atoms with Crippen molar-refractivity contribution in [3.8, 4) is 0 Å². The molecule has 0 aliphatic carbocycles. The number of nitrogens with zero attached hydrogens (tertiary/aromatic N) is 1. The van der Waals surface area contributed by atoms with Gasteiger partial charge in [0.05, 0.1) is 5.69 Å². The average Bonchev–Trinajstić information content (AvgIpc) is 2.81. The molecule has 7 heteroatoms. The first-order valence-corrected chi connectivity index (χ1v) is 7.02. The fraction of sp³-hybridized carbons (Fsp3) is 0.583. The highest BCUT2D eigenvalue weighted by atomic mass is 32.1. The van der Waals surface area contributed by atoms with Crippen molar-refractivity contribution in [1.29, 1.82) is 0 Å². The molecule has 0 aliphatic rings. The molecule has 0 radical (unpaired) electrons. The van der Waals surface area contributed by atoms with Crippen molar-refractivity contribution in [2.75, 3.05) is 13.1 Å². The number of aromatic nitrogens is 1. The molecule has 1 aromatic rings. The predicted molar refractivity (Wildman–Crippen MR) is 73.2 cm³/mol. The van der Waals surface area contributed by atoms with Gasteiger partial charge < -0.3 is 15.7 Å². The van der Waals surface area contributed by atoms with Gasteiger partial charge in [-0.2, -0.15) is 0 Å². The zero-order chi connectivity index (χ0) is 14.3. The quantitative estimate of drug-likeness (QED) is 0.622.